The number of carbonyl (C=O) groups is 1. The number of fused-ring (bicyclic) bond motifs is 2. The molecule has 0 saturated heterocycles. The van der Waals surface area contributed by atoms with Crippen LogP contribution in [0.3, 0.4) is 0 Å². The Hall–Kier alpha value is -3.93. The molecule has 3 aromatic carbocycles. The van der Waals surface area contributed by atoms with E-state index in [0.29, 0.717) is 29.7 Å². The van der Waals surface area contributed by atoms with E-state index in [4.69, 9.17) is 0 Å². The molecule has 1 amide bonds. The topological polar surface area (TPSA) is 39.0 Å². The maximum atomic E-state index is 13.8. The molecular formula is C26H21F2N3O. The summed E-state index contributed by atoms with van der Waals surface area (Å²) < 4.78 is 30.9. The molecule has 0 atom stereocenters. The third-order valence-corrected chi connectivity index (χ3v) is 5.78. The standard InChI is InChI=1S/C26H21F2N3O/c1-30-12-11-18-15-22(7-9-23(18)30)29-26(32)25-16-19-14-21(28)6-8-24(19)31(25)13-10-17-2-4-20(27)5-3-17/h2-9,11-12,14-16H,10,13H2,1H3,(H,29,32). The third-order valence-electron chi connectivity index (χ3n) is 5.78. The maximum absolute atomic E-state index is 13.8. The molecule has 5 aromatic rings. The van der Waals surface area contributed by atoms with Crippen LogP contribution in [0.1, 0.15) is 16.1 Å². The highest BCUT2D eigenvalue weighted by atomic mass is 19.1. The average Bonchev–Trinajstić information content (AvgIpc) is 3.33. The Kier molecular flexibility index (Phi) is 4.98. The number of nitrogens with zero attached hydrogens (tertiary/aromatic N) is 2. The van der Waals surface area contributed by atoms with Crippen LogP contribution >= 0.6 is 0 Å². The number of hydrogen-bond acceptors (Lipinski definition) is 1. The molecule has 0 aliphatic heterocycles. The first-order chi connectivity index (χ1) is 15.5. The molecule has 2 heterocycles. The van der Waals surface area contributed by atoms with Crippen molar-refractivity contribution in [3.05, 3.63) is 102 Å². The van der Waals surface area contributed by atoms with Crippen molar-refractivity contribution >= 4 is 33.4 Å². The van der Waals surface area contributed by atoms with E-state index < -0.39 is 0 Å². The van der Waals surface area contributed by atoms with E-state index in [-0.39, 0.29) is 17.5 Å². The molecule has 0 saturated carbocycles. The highest BCUT2D eigenvalue weighted by Gasteiger charge is 2.17. The first-order valence-corrected chi connectivity index (χ1v) is 10.4. The molecule has 0 bridgehead atoms. The van der Waals surface area contributed by atoms with Gasteiger partial charge < -0.3 is 14.5 Å². The van der Waals surface area contributed by atoms with Crippen molar-refractivity contribution in [2.24, 2.45) is 7.05 Å². The molecule has 0 radical (unpaired) electrons. The molecular weight excluding hydrogens is 408 g/mol. The molecule has 5 rings (SSSR count). The summed E-state index contributed by atoms with van der Waals surface area (Å²) in [5.41, 5.74) is 3.94. The predicted molar refractivity (Wildman–Crippen MR) is 123 cm³/mol. The van der Waals surface area contributed by atoms with E-state index in [1.165, 1.54) is 24.3 Å². The minimum Gasteiger partial charge on any atom is -0.351 e. The van der Waals surface area contributed by atoms with Gasteiger partial charge in [0.15, 0.2) is 0 Å². The van der Waals surface area contributed by atoms with Crippen molar-refractivity contribution in [3.8, 4) is 0 Å². The highest BCUT2D eigenvalue weighted by molar-refractivity contribution is 6.07. The zero-order valence-corrected chi connectivity index (χ0v) is 17.5. The number of halogens is 2. The van der Waals surface area contributed by atoms with Crippen molar-refractivity contribution in [1.29, 1.82) is 0 Å². The molecule has 32 heavy (non-hydrogen) atoms. The van der Waals surface area contributed by atoms with Crippen LogP contribution in [0, 0.1) is 11.6 Å². The summed E-state index contributed by atoms with van der Waals surface area (Å²) in [5, 5.41) is 4.66. The quantitative estimate of drug-likeness (QED) is 0.371. The summed E-state index contributed by atoms with van der Waals surface area (Å²) in [6, 6.07) is 20.3. The molecule has 2 aromatic heterocycles. The minimum absolute atomic E-state index is 0.268. The summed E-state index contributed by atoms with van der Waals surface area (Å²) in [7, 11) is 1.97. The van der Waals surface area contributed by atoms with Crippen molar-refractivity contribution in [2.75, 3.05) is 5.32 Å². The molecule has 6 heteroatoms. The van der Waals surface area contributed by atoms with Gasteiger partial charge in [-0.15, -0.1) is 0 Å². The largest absolute Gasteiger partial charge is 0.351 e. The summed E-state index contributed by atoms with van der Waals surface area (Å²) >= 11 is 0. The summed E-state index contributed by atoms with van der Waals surface area (Å²) in [4.78, 5) is 13.2. The fourth-order valence-electron chi connectivity index (χ4n) is 4.12. The van der Waals surface area contributed by atoms with Crippen LogP contribution in [0.2, 0.25) is 0 Å². The van der Waals surface area contributed by atoms with Crippen LogP contribution in [0.5, 0.6) is 0 Å². The second kappa shape index (κ2) is 7.96. The summed E-state index contributed by atoms with van der Waals surface area (Å²) in [5.74, 6) is -0.906. The van der Waals surface area contributed by atoms with E-state index in [9.17, 15) is 13.6 Å². The first kappa shape index (κ1) is 20.0. The number of anilines is 1. The second-order valence-corrected chi connectivity index (χ2v) is 7.92. The van der Waals surface area contributed by atoms with E-state index in [1.807, 2.05) is 46.6 Å². The lowest BCUT2D eigenvalue weighted by Crippen LogP contribution is -2.17. The number of aryl methyl sites for hydroxylation is 3. The van der Waals surface area contributed by atoms with Gasteiger partial charge in [0.2, 0.25) is 0 Å². The average molecular weight is 429 g/mol. The van der Waals surface area contributed by atoms with Gasteiger partial charge in [0.25, 0.3) is 5.91 Å². The van der Waals surface area contributed by atoms with Gasteiger partial charge in [-0.3, -0.25) is 4.79 Å². The normalized spacial score (nSPS) is 11.3. The lowest BCUT2D eigenvalue weighted by atomic mass is 10.1. The van der Waals surface area contributed by atoms with Crippen LogP contribution in [0.15, 0.2) is 79.0 Å². The smallest absolute Gasteiger partial charge is 0.272 e. The minimum atomic E-state index is -0.352. The fourth-order valence-corrected chi connectivity index (χ4v) is 4.12. The van der Waals surface area contributed by atoms with Crippen LogP contribution in [0.4, 0.5) is 14.5 Å². The van der Waals surface area contributed by atoms with Gasteiger partial charge in [0.05, 0.1) is 0 Å². The van der Waals surface area contributed by atoms with E-state index >= 15 is 0 Å². The van der Waals surface area contributed by atoms with Crippen LogP contribution in [-0.2, 0) is 20.0 Å². The SMILES string of the molecule is Cn1ccc2cc(NC(=O)c3cc4cc(F)ccc4n3CCc3ccc(F)cc3)ccc21. The zero-order valence-electron chi connectivity index (χ0n) is 17.5. The monoisotopic (exact) mass is 429 g/mol. The van der Waals surface area contributed by atoms with Crippen molar-refractivity contribution in [1.82, 2.24) is 9.13 Å². The molecule has 160 valence electrons. The number of carbonyl (C=O) groups excluding carboxylic acids is 1. The molecule has 0 spiro atoms. The van der Waals surface area contributed by atoms with Gasteiger partial charge >= 0.3 is 0 Å². The molecule has 4 nitrogen and oxygen atoms in total. The Labute approximate surface area is 183 Å². The van der Waals surface area contributed by atoms with Gasteiger partial charge in [-0.25, -0.2) is 8.78 Å². The van der Waals surface area contributed by atoms with E-state index in [0.717, 1.165) is 22.0 Å². The Bertz CT molecular complexity index is 1450. The van der Waals surface area contributed by atoms with Crippen LogP contribution < -0.4 is 5.32 Å². The molecule has 0 unspecified atom stereocenters. The molecule has 0 aliphatic carbocycles. The van der Waals surface area contributed by atoms with Gasteiger partial charge in [-0.2, -0.15) is 0 Å². The van der Waals surface area contributed by atoms with E-state index in [1.54, 1.807) is 24.3 Å². The lowest BCUT2D eigenvalue weighted by molar-refractivity contribution is 0.101. The number of nitrogens with one attached hydrogen (secondary N) is 1. The number of aromatic nitrogens is 2. The lowest BCUT2D eigenvalue weighted by Gasteiger charge is -2.12. The molecule has 1 N–H and O–H groups in total. The van der Waals surface area contributed by atoms with Crippen molar-refractivity contribution in [3.63, 3.8) is 0 Å². The summed E-state index contributed by atoms with van der Waals surface area (Å²) in [6.07, 6.45) is 2.58. The number of rotatable bonds is 5. The van der Waals surface area contributed by atoms with Crippen LogP contribution in [-0.4, -0.2) is 15.0 Å². The Morgan fingerprint density at radius 1 is 0.844 bits per heavy atom. The Morgan fingerprint density at radius 3 is 2.41 bits per heavy atom. The van der Waals surface area contributed by atoms with Gasteiger partial charge in [0, 0.05) is 47.3 Å². The number of hydrogen-bond donors (Lipinski definition) is 1. The van der Waals surface area contributed by atoms with Gasteiger partial charge in [-0.1, -0.05) is 12.1 Å². The van der Waals surface area contributed by atoms with Crippen molar-refractivity contribution < 1.29 is 13.6 Å². The zero-order chi connectivity index (χ0) is 22.2. The molecule has 0 aliphatic rings. The Balaban J connectivity index is 1.47. The maximum Gasteiger partial charge on any atom is 0.272 e. The number of benzene rings is 3. The second-order valence-electron chi connectivity index (χ2n) is 7.92. The van der Waals surface area contributed by atoms with Gasteiger partial charge in [0.1, 0.15) is 17.3 Å². The molecule has 0 fully saturated rings. The van der Waals surface area contributed by atoms with E-state index in [2.05, 4.69) is 5.32 Å². The van der Waals surface area contributed by atoms with Gasteiger partial charge in [-0.05, 0) is 72.6 Å². The summed E-state index contributed by atoms with van der Waals surface area (Å²) in [6.45, 7) is 0.501. The number of amides is 1. The van der Waals surface area contributed by atoms with Crippen LogP contribution in [0.25, 0.3) is 21.8 Å². The predicted octanol–water partition coefficient (Wildman–Crippen LogP) is 5.91. The fraction of sp³-hybridized carbons (Fsp3) is 0.115. The van der Waals surface area contributed by atoms with Crippen molar-refractivity contribution in [2.45, 2.75) is 13.0 Å². The first-order valence-electron chi connectivity index (χ1n) is 10.4. The highest BCUT2D eigenvalue weighted by Crippen LogP contribution is 2.24. The third kappa shape index (κ3) is 3.75. The Morgan fingerprint density at radius 2 is 1.59 bits per heavy atom.